The highest BCUT2D eigenvalue weighted by Gasteiger charge is 2.19. The van der Waals surface area contributed by atoms with Gasteiger partial charge in [-0.15, -0.1) is 0 Å². The van der Waals surface area contributed by atoms with Gasteiger partial charge in [0.2, 0.25) is 5.95 Å². The van der Waals surface area contributed by atoms with Crippen LogP contribution >= 0.6 is 23.2 Å². The van der Waals surface area contributed by atoms with Crippen LogP contribution in [0.3, 0.4) is 0 Å². The van der Waals surface area contributed by atoms with E-state index in [1.54, 1.807) is 18.5 Å². The average Bonchev–Trinajstić information content (AvgIpc) is 2.64. The van der Waals surface area contributed by atoms with E-state index in [9.17, 15) is 0 Å². The van der Waals surface area contributed by atoms with E-state index in [2.05, 4.69) is 24.8 Å². The van der Waals surface area contributed by atoms with Gasteiger partial charge in [0.25, 0.3) is 0 Å². The zero-order valence-corrected chi connectivity index (χ0v) is 15.3. The summed E-state index contributed by atoms with van der Waals surface area (Å²) < 4.78 is 0. The molecule has 132 valence electrons. The Bertz CT molecular complexity index is 729. The van der Waals surface area contributed by atoms with E-state index < -0.39 is 0 Å². The Labute approximate surface area is 157 Å². The van der Waals surface area contributed by atoms with E-state index >= 15 is 0 Å². The van der Waals surface area contributed by atoms with E-state index in [4.69, 9.17) is 28.9 Å². The number of nitrogens with zero attached hydrogens (tertiary/aromatic N) is 5. The zero-order chi connectivity index (χ0) is 17.6. The number of hydrogen-bond donors (Lipinski definition) is 1. The lowest BCUT2D eigenvalue weighted by molar-refractivity contribution is 0.378. The fraction of sp³-hybridized carbons (Fsp3) is 0.353. The van der Waals surface area contributed by atoms with Gasteiger partial charge in [-0.3, -0.25) is 4.99 Å². The van der Waals surface area contributed by atoms with Crippen molar-refractivity contribution in [2.45, 2.75) is 6.42 Å². The molecular weight excluding hydrogens is 359 g/mol. The molecule has 0 atom stereocenters. The smallest absolute Gasteiger partial charge is 0.225 e. The summed E-state index contributed by atoms with van der Waals surface area (Å²) >= 11 is 12.1. The Balaban J connectivity index is 1.50. The van der Waals surface area contributed by atoms with Crippen molar-refractivity contribution >= 4 is 35.1 Å². The standard InChI is InChI=1S/C17H20Cl2N6/c18-14-3-2-13(15(19)12-14)4-7-21-16(20)24-8-10-25(11-9-24)17-22-5-1-6-23-17/h1-3,5-6,12H,4,7-11H2,(H2,20,21). The van der Waals surface area contributed by atoms with Crippen molar-refractivity contribution in [2.24, 2.45) is 10.7 Å². The highest BCUT2D eigenvalue weighted by atomic mass is 35.5. The summed E-state index contributed by atoms with van der Waals surface area (Å²) in [5.74, 6) is 1.33. The van der Waals surface area contributed by atoms with Gasteiger partial charge < -0.3 is 15.5 Å². The molecule has 1 aliphatic heterocycles. The van der Waals surface area contributed by atoms with Crippen LogP contribution in [0.5, 0.6) is 0 Å². The molecule has 0 amide bonds. The molecule has 0 bridgehead atoms. The third-order valence-corrected chi connectivity index (χ3v) is 4.70. The molecule has 25 heavy (non-hydrogen) atoms. The van der Waals surface area contributed by atoms with E-state index in [1.165, 1.54) is 0 Å². The number of aromatic nitrogens is 2. The predicted molar refractivity (Wildman–Crippen MR) is 102 cm³/mol. The van der Waals surface area contributed by atoms with Crippen LogP contribution in [0.2, 0.25) is 10.0 Å². The van der Waals surface area contributed by atoms with E-state index in [-0.39, 0.29) is 0 Å². The summed E-state index contributed by atoms with van der Waals surface area (Å²) in [6.45, 7) is 3.84. The minimum Gasteiger partial charge on any atom is -0.370 e. The number of halogens is 2. The van der Waals surface area contributed by atoms with E-state index in [0.717, 1.165) is 44.1 Å². The summed E-state index contributed by atoms with van der Waals surface area (Å²) in [6.07, 6.45) is 4.24. The van der Waals surface area contributed by atoms with Crippen molar-refractivity contribution < 1.29 is 0 Å². The van der Waals surface area contributed by atoms with Gasteiger partial charge in [-0.05, 0) is 30.2 Å². The number of piperazine rings is 1. The molecule has 1 saturated heterocycles. The molecule has 2 heterocycles. The maximum absolute atomic E-state index is 6.18. The monoisotopic (exact) mass is 378 g/mol. The van der Waals surface area contributed by atoms with Crippen molar-refractivity contribution in [3.8, 4) is 0 Å². The molecule has 2 aromatic rings. The van der Waals surface area contributed by atoms with Gasteiger partial charge in [0.05, 0.1) is 0 Å². The van der Waals surface area contributed by atoms with Crippen molar-refractivity contribution in [3.63, 3.8) is 0 Å². The molecule has 0 radical (unpaired) electrons. The van der Waals surface area contributed by atoms with Gasteiger partial charge in [-0.1, -0.05) is 29.3 Å². The lowest BCUT2D eigenvalue weighted by Gasteiger charge is -2.35. The fourth-order valence-corrected chi connectivity index (χ4v) is 3.21. The number of aliphatic imine (C=N–C) groups is 1. The summed E-state index contributed by atoms with van der Waals surface area (Å²) in [5.41, 5.74) is 7.15. The van der Waals surface area contributed by atoms with Gasteiger partial charge in [0, 0.05) is 55.2 Å². The molecule has 8 heteroatoms. The highest BCUT2D eigenvalue weighted by Crippen LogP contribution is 2.21. The Hall–Kier alpha value is -2.05. The Morgan fingerprint density at radius 1 is 1.12 bits per heavy atom. The van der Waals surface area contributed by atoms with Crippen molar-refractivity contribution in [3.05, 3.63) is 52.3 Å². The van der Waals surface area contributed by atoms with Gasteiger partial charge >= 0.3 is 0 Å². The molecule has 1 aromatic carbocycles. The second kappa shape index (κ2) is 8.36. The van der Waals surface area contributed by atoms with Gasteiger partial charge in [0.15, 0.2) is 5.96 Å². The third-order valence-electron chi connectivity index (χ3n) is 4.11. The molecule has 3 rings (SSSR count). The first-order chi connectivity index (χ1) is 12.1. The SMILES string of the molecule is NC(=NCCc1ccc(Cl)cc1Cl)N1CCN(c2ncccn2)CC1. The molecule has 0 saturated carbocycles. The maximum Gasteiger partial charge on any atom is 0.225 e. The molecule has 1 aromatic heterocycles. The second-order valence-corrected chi connectivity index (χ2v) is 6.59. The molecule has 6 nitrogen and oxygen atoms in total. The normalized spacial score (nSPS) is 15.5. The summed E-state index contributed by atoms with van der Waals surface area (Å²) in [7, 11) is 0. The lowest BCUT2D eigenvalue weighted by atomic mass is 10.1. The number of anilines is 1. The second-order valence-electron chi connectivity index (χ2n) is 5.75. The van der Waals surface area contributed by atoms with Crippen LogP contribution in [0.1, 0.15) is 5.56 Å². The predicted octanol–water partition coefficient (Wildman–Crippen LogP) is 2.46. The van der Waals surface area contributed by atoms with Crippen LogP contribution in [-0.2, 0) is 6.42 Å². The molecule has 0 aliphatic carbocycles. The number of rotatable bonds is 4. The van der Waals surface area contributed by atoms with E-state index in [1.807, 2.05) is 18.2 Å². The van der Waals surface area contributed by atoms with Crippen molar-refractivity contribution in [1.82, 2.24) is 14.9 Å². The van der Waals surface area contributed by atoms with Crippen LogP contribution in [0.25, 0.3) is 0 Å². The number of hydrogen-bond acceptors (Lipinski definition) is 4. The lowest BCUT2D eigenvalue weighted by Crippen LogP contribution is -2.51. The largest absolute Gasteiger partial charge is 0.370 e. The summed E-state index contributed by atoms with van der Waals surface area (Å²) in [5, 5.41) is 1.30. The zero-order valence-electron chi connectivity index (χ0n) is 13.8. The molecule has 2 N–H and O–H groups in total. The van der Waals surface area contributed by atoms with Crippen LogP contribution in [0, 0.1) is 0 Å². The molecule has 1 aliphatic rings. The maximum atomic E-state index is 6.18. The first kappa shape index (κ1) is 17.8. The minimum absolute atomic E-state index is 0.568. The van der Waals surface area contributed by atoms with E-state index in [0.29, 0.717) is 22.5 Å². The molecule has 0 spiro atoms. The number of guanidine groups is 1. The molecule has 0 unspecified atom stereocenters. The van der Waals surface area contributed by atoms with Gasteiger partial charge in [0.1, 0.15) is 0 Å². The van der Waals surface area contributed by atoms with Gasteiger partial charge in [-0.25, -0.2) is 9.97 Å². The van der Waals surface area contributed by atoms with Gasteiger partial charge in [-0.2, -0.15) is 0 Å². The number of benzene rings is 1. The Morgan fingerprint density at radius 2 is 1.84 bits per heavy atom. The molecule has 1 fully saturated rings. The first-order valence-electron chi connectivity index (χ1n) is 8.14. The van der Waals surface area contributed by atoms with Crippen molar-refractivity contribution in [2.75, 3.05) is 37.6 Å². The van der Waals surface area contributed by atoms with Crippen LogP contribution < -0.4 is 10.6 Å². The highest BCUT2D eigenvalue weighted by molar-refractivity contribution is 6.35. The number of nitrogens with two attached hydrogens (primary N) is 1. The average molecular weight is 379 g/mol. The first-order valence-corrected chi connectivity index (χ1v) is 8.90. The van der Waals surface area contributed by atoms with Crippen LogP contribution in [-0.4, -0.2) is 53.6 Å². The Morgan fingerprint density at radius 3 is 2.52 bits per heavy atom. The van der Waals surface area contributed by atoms with Crippen LogP contribution in [0.4, 0.5) is 5.95 Å². The topological polar surface area (TPSA) is 70.6 Å². The fourth-order valence-electron chi connectivity index (χ4n) is 2.71. The minimum atomic E-state index is 0.568. The Kier molecular flexibility index (Phi) is 5.94. The molecular formula is C17H20Cl2N6. The quantitative estimate of drug-likeness (QED) is 0.653. The van der Waals surface area contributed by atoms with Crippen molar-refractivity contribution in [1.29, 1.82) is 0 Å². The summed E-state index contributed by atoms with van der Waals surface area (Å²) in [4.78, 5) is 17.3. The summed E-state index contributed by atoms with van der Waals surface area (Å²) in [6, 6.07) is 7.32. The van der Waals surface area contributed by atoms with Crippen LogP contribution in [0.15, 0.2) is 41.7 Å². The third kappa shape index (κ3) is 4.74.